The number of sulfonamides is 1. The summed E-state index contributed by atoms with van der Waals surface area (Å²) in [6.45, 7) is 4.63. The average Bonchev–Trinajstić information content (AvgIpc) is 2.35. The highest BCUT2D eigenvalue weighted by molar-refractivity contribution is 7.89. The number of aliphatic hydroxyl groups excluding tert-OH is 1. The molecule has 0 aliphatic rings. The van der Waals surface area contributed by atoms with E-state index in [2.05, 4.69) is 11.8 Å². The van der Waals surface area contributed by atoms with Gasteiger partial charge >= 0.3 is 0 Å². The topological polar surface area (TPSA) is 77.8 Å². The minimum absolute atomic E-state index is 0.000447. The Kier molecular flexibility index (Phi) is 5.54. The Morgan fingerprint density at radius 2 is 1.95 bits per heavy atom. The number of benzene rings is 1. The fraction of sp³-hybridized carbons (Fsp3) is 0.467. The van der Waals surface area contributed by atoms with E-state index < -0.39 is 15.6 Å². The van der Waals surface area contributed by atoms with Crippen molar-refractivity contribution in [1.29, 1.82) is 0 Å². The first-order chi connectivity index (χ1) is 9.58. The number of aryl methyl sites for hydroxylation is 1. The van der Waals surface area contributed by atoms with Gasteiger partial charge in [-0.25, -0.2) is 8.42 Å². The lowest BCUT2D eigenvalue weighted by atomic mass is 10.1. The van der Waals surface area contributed by atoms with E-state index in [1.54, 1.807) is 26.8 Å². The van der Waals surface area contributed by atoms with Crippen LogP contribution in [0.4, 0.5) is 0 Å². The summed E-state index contributed by atoms with van der Waals surface area (Å²) in [7, 11) is -2.22. The van der Waals surface area contributed by atoms with Crippen LogP contribution in [0.25, 0.3) is 0 Å². The van der Waals surface area contributed by atoms with Crippen LogP contribution in [-0.2, 0) is 10.0 Å². The Morgan fingerprint density at radius 1 is 1.33 bits per heavy atom. The van der Waals surface area contributed by atoms with Gasteiger partial charge in [0.15, 0.2) is 0 Å². The van der Waals surface area contributed by atoms with Crippen molar-refractivity contribution < 1.29 is 18.6 Å². The summed E-state index contributed by atoms with van der Waals surface area (Å²) in [4.78, 5) is 0.154. The minimum atomic E-state index is -3.66. The highest BCUT2D eigenvalue weighted by Crippen LogP contribution is 2.19. The molecule has 21 heavy (non-hydrogen) atoms. The molecule has 1 aromatic carbocycles. The molecule has 0 bridgehead atoms. The van der Waals surface area contributed by atoms with Gasteiger partial charge in [-0.1, -0.05) is 11.8 Å². The van der Waals surface area contributed by atoms with Crippen molar-refractivity contribution in [2.24, 2.45) is 0 Å². The Morgan fingerprint density at radius 3 is 2.43 bits per heavy atom. The van der Waals surface area contributed by atoms with Crippen LogP contribution in [0.3, 0.4) is 0 Å². The first-order valence-corrected chi connectivity index (χ1v) is 7.91. The lowest BCUT2D eigenvalue weighted by Gasteiger charge is -2.25. The zero-order chi connectivity index (χ0) is 16.3. The molecule has 0 saturated heterocycles. The number of aliphatic hydroxyl groups is 2. The van der Waals surface area contributed by atoms with Crippen molar-refractivity contribution in [1.82, 2.24) is 4.31 Å². The van der Waals surface area contributed by atoms with Crippen molar-refractivity contribution in [2.75, 3.05) is 20.2 Å². The van der Waals surface area contributed by atoms with E-state index >= 15 is 0 Å². The third-order valence-corrected chi connectivity index (χ3v) is 4.62. The van der Waals surface area contributed by atoms with Crippen molar-refractivity contribution in [3.8, 4) is 11.8 Å². The van der Waals surface area contributed by atoms with Gasteiger partial charge in [0.2, 0.25) is 10.0 Å². The van der Waals surface area contributed by atoms with Gasteiger partial charge in [-0.15, -0.1) is 0 Å². The quantitative estimate of drug-likeness (QED) is 0.804. The lowest BCUT2D eigenvalue weighted by molar-refractivity contribution is 0.0640. The third kappa shape index (κ3) is 4.83. The Labute approximate surface area is 126 Å². The second-order valence-electron chi connectivity index (χ2n) is 5.51. The molecule has 0 spiro atoms. The molecule has 0 aromatic heterocycles. The van der Waals surface area contributed by atoms with E-state index in [-0.39, 0.29) is 18.0 Å². The Balaban J connectivity index is 3.13. The summed E-state index contributed by atoms with van der Waals surface area (Å²) in [6, 6.07) is 4.63. The molecule has 1 rings (SSSR count). The van der Waals surface area contributed by atoms with Gasteiger partial charge in [-0.05, 0) is 44.5 Å². The zero-order valence-electron chi connectivity index (χ0n) is 12.7. The smallest absolute Gasteiger partial charge is 0.242 e. The van der Waals surface area contributed by atoms with Gasteiger partial charge in [-0.2, -0.15) is 4.31 Å². The summed E-state index contributed by atoms with van der Waals surface area (Å²) in [5.74, 6) is 5.29. The number of likely N-dealkylation sites (N-methyl/N-ethyl adjacent to an activating group) is 1. The fourth-order valence-electron chi connectivity index (χ4n) is 1.88. The fourth-order valence-corrected chi connectivity index (χ4v) is 3.29. The summed E-state index contributed by atoms with van der Waals surface area (Å²) in [5, 5.41) is 18.4. The number of hydrogen-bond acceptors (Lipinski definition) is 4. The molecule has 2 N–H and O–H groups in total. The highest BCUT2D eigenvalue weighted by atomic mass is 32.2. The Bertz CT molecular complexity index is 663. The maximum absolute atomic E-state index is 12.4. The van der Waals surface area contributed by atoms with Gasteiger partial charge in [-0.3, -0.25) is 0 Å². The molecule has 0 aliphatic carbocycles. The van der Waals surface area contributed by atoms with Gasteiger partial charge in [0.25, 0.3) is 0 Å². The molecule has 5 nitrogen and oxygen atoms in total. The predicted octanol–water partition coefficient (Wildman–Crippen LogP) is 0.730. The second kappa shape index (κ2) is 6.58. The van der Waals surface area contributed by atoms with Gasteiger partial charge in [0.1, 0.15) is 6.61 Å². The SMILES string of the molecule is Cc1cc(S(=O)(=O)N(C)CC(C)(C)O)ccc1C#CCO. The van der Waals surface area contributed by atoms with Crippen molar-refractivity contribution in [3.05, 3.63) is 29.3 Å². The number of hydrogen-bond donors (Lipinski definition) is 2. The van der Waals surface area contributed by atoms with E-state index in [9.17, 15) is 13.5 Å². The Hall–Kier alpha value is -1.39. The molecular formula is C15H21NO4S. The van der Waals surface area contributed by atoms with Crippen LogP contribution in [0.2, 0.25) is 0 Å². The van der Waals surface area contributed by atoms with Crippen LogP contribution in [0.15, 0.2) is 23.1 Å². The van der Waals surface area contributed by atoms with Crippen LogP contribution < -0.4 is 0 Å². The van der Waals surface area contributed by atoms with E-state index in [0.29, 0.717) is 11.1 Å². The highest BCUT2D eigenvalue weighted by Gasteiger charge is 2.26. The molecule has 0 unspecified atom stereocenters. The van der Waals surface area contributed by atoms with E-state index in [1.807, 2.05) is 0 Å². The second-order valence-corrected chi connectivity index (χ2v) is 7.56. The molecule has 1 aromatic rings. The first-order valence-electron chi connectivity index (χ1n) is 6.47. The van der Waals surface area contributed by atoms with Crippen LogP contribution in [0.5, 0.6) is 0 Å². The summed E-state index contributed by atoms with van der Waals surface area (Å²) >= 11 is 0. The molecular weight excluding hydrogens is 290 g/mol. The van der Waals surface area contributed by atoms with E-state index in [1.165, 1.54) is 19.2 Å². The van der Waals surface area contributed by atoms with Gasteiger partial charge < -0.3 is 10.2 Å². The van der Waals surface area contributed by atoms with Gasteiger partial charge in [0, 0.05) is 19.2 Å². The third-order valence-electron chi connectivity index (χ3n) is 2.82. The lowest BCUT2D eigenvalue weighted by Crippen LogP contribution is -2.39. The van der Waals surface area contributed by atoms with Crippen molar-refractivity contribution in [3.63, 3.8) is 0 Å². The molecule has 0 heterocycles. The van der Waals surface area contributed by atoms with E-state index in [4.69, 9.17) is 5.11 Å². The monoisotopic (exact) mass is 311 g/mol. The summed E-state index contributed by atoms with van der Waals surface area (Å²) < 4.78 is 26.0. The molecule has 0 radical (unpaired) electrons. The minimum Gasteiger partial charge on any atom is -0.389 e. The predicted molar refractivity (Wildman–Crippen MR) is 81.3 cm³/mol. The molecule has 0 fully saturated rings. The number of nitrogens with zero attached hydrogens (tertiary/aromatic N) is 1. The molecule has 0 aliphatic heterocycles. The van der Waals surface area contributed by atoms with Crippen LogP contribution in [-0.4, -0.2) is 48.7 Å². The first kappa shape index (κ1) is 17.7. The molecule has 6 heteroatoms. The maximum atomic E-state index is 12.4. The van der Waals surface area contributed by atoms with Crippen molar-refractivity contribution >= 4 is 10.0 Å². The molecule has 116 valence electrons. The van der Waals surface area contributed by atoms with Crippen LogP contribution in [0.1, 0.15) is 25.0 Å². The average molecular weight is 311 g/mol. The standard InChI is InChI=1S/C15H21NO4S/c1-12-10-14(8-7-13(12)6-5-9-17)21(19,20)16(4)11-15(2,3)18/h7-8,10,17-18H,9,11H2,1-4H3. The largest absolute Gasteiger partial charge is 0.389 e. The van der Waals surface area contributed by atoms with Crippen molar-refractivity contribution in [2.45, 2.75) is 31.3 Å². The molecule has 0 saturated carbocycles. The normalized spacial score (nSPS) is 12.1. The van der Waals surface area contributed by atoms with E-state index in [0.717, 1.165) is 4.31 Å². The molecule has 0 atom stereocenters. The maximum Gasteiger partial charge on any atom is 0.242 e. The van der Waals surface area contributed by atoms with Crippen LogP contribution in [0, 0.1) is 18.8 Å². The van der Waals surface area contributed by atoms with Crippen LogP contribution >= 0.6 is 0 Å². The number of rotatable bonds is 4. The zero-order valence-corrected chi connectivity index (χ0v) is 13.5. The molecule has 0 amide bonds. The summed E-state index contributed by atoms with van der Waals surface area (Å²) in [6.07, 6.45) is 0. The van der Waals surface area contributed by atoms with Gasteiger partial charge in [0.05, 0.1) is 10.5 Å². The summed E-state index contributed by atoms with van der Waals surface area (Å²) in [5.41, 5.74) is 0.283.